The van der Waals surface area contributed by atoms with Crippen LogP contribution in [0.1, 0.15) is 12.8 Å². The predicted octanol–water partition coefficient (Wildman–Crippen LogP) is -1.57. The van der Waals surface area contributed by atoms with Crippen molar-refractivity contribution in [1.82, 2.24) is 4.90 Å². The Labute approximate surface area is 84.1 Å². The van der Waals surface area contributed by atoms with Gasteiger partial charge in [0.05, 0.1) is 13.2 Å². The zero-order valence-corrected chi connectivity index (χ0v) is 8.73. The summed E-state index contributed by atoms with van der Waals surface area (Å²) in [6.07, 6.45) is 3.06. The van der Waals surface area contributed by atoms with Gasteiger partial charge in [-0.1, -0.05) is 0 Å². The SMILES string of the molecule is C1CCOOC1.CN(C)C=O.NN.O. The Morgan fingerprint density at radius 2 is 1.43 bits per heavy atom. The molecular formula is C7H21N3O4. The summed E-state index contributed by atoms with van der Waals surface area (Å²) in [7, 11) is 3.38. The number of carbonyl (C=O) groups excluding carboxylic acids is 1. The molecule has 14 heavy (non-hydrogen) atoms. The molecule has 0 unspecified atom stereocenters. The molecule has 1 saturated heterocycles. The Morgan fingerprint density at radius 3 is 1.50 bits per heavy atom. The topological polar surface area (TPSA) is 122 Å². The second kappa shape index (κ2) is 18.1. The lowest BCUT2D eigenvalue weighted by atomic mass is 10.3. The molecule has 1 rings (SSSR count). The van der Waals surface area contributed by atoms with E-state index >= 15 is 0 Å². The van der Waals surface area contributed by atoms with Gasteiger partial charge >= 0.3 is 0 Å². The molecule has 88 valence electrons. The summed E-state index contributed by atoms with van der Waals surface area (Å²) in [5.74, 6) is 8.00. The van der Waals surface area contributed by atoms with Gasteiger partial charge in [0.2, 0.25) is 6.41 Å². The van der Waals surface area contributed by atoms with Crippen LogP contribution in [0.5, 0.6) is 0 Å². The van der Waals surface area contributed by atoms with Crippen LogP contribution >= 0.6 is 0 Å². The normalized spacial score (nSPS) is 13.1. The zero-order chi connectivity index (χ0) is 10.5. The van der Waals surface area contributed by atoms with E-state index in [1.807, 2.05) is 0 Å². The molecule has 0 bridgehead atoms. The van der Waals surface area contributed by atoms with Crippen LogP contribution in [-0.2, 0) is 14.6 Å². The van der Waals surface area contributed by atoms with Gasteiger partial charge in [-0.25, -0.2) is 9.78 Å². The van der Waals surface area contributed by atoms with Crippen molar-refractivity contribution in [3.63, 3.8) is 0 Å². The molecule has 0 aromatic rings. The average molecular weight is 211 g/mol. The van der Waals surface area contributed by atoms with Gasteiger partial charge in [-0.15, -0.1) is 0 Å². The first kappa shape index (κ1) is 18.9. The molecule has 0 atom stereocenters. The van der Waals surface area contributed by atoms with Gasteiger partial charge < -0.3 is 10.4 Å². The first-order valence-electron chi connectivity index (χ1n) is 3.97. The fourth-order valence-corrected chi connectivity index (χ4v) is 0.440. The molecule has 1 aliphatic rings. The molecule has 1 amide bonds. The Kier molecular flexibility index (Phi) is 24.5. The monoisotopic (exact) mass is 211 g/mol. The number of nitrogens with two attached hydrogens (primary N) is 2. The predicted molar refractivity (Wildman–Crippen MR) is 52.9 cm³/mol. The third-order valence-electron chi connectivity index (χ3n) is 0.999. The Hall–Kier alpha value is -0.730. The summed E-state index contributed by atoms with van der Waals surface area (Å²) >= 11 is 0. The molecular weight excluding hydrogens is 190 g/mol. The van der Waals surface area contributed by atoms with Crippen LogP contribution in [0, 0.1) is 0 Å². The number of carbonyl (C=O) groups is 1. The molecule has 0 saturated carbocycles. The van der Waals surface area contributed by atoms with Gasteiger partial charge in [0, 0.05) is 14.1 Å². The fraction of sp³-hybridized carbons (Fsp3) is 0.857. The van der Waals surface area contributed by atoms with Gasteiger partial charge in [-0.3, -0.25) is 16.5 Å². The summed E-state index contributed by atoms with van der Waals surface area (Å²) in [6, 6.07) is 0. The third-order valence-corrected chi connectivity index (χ3v) is 0.999. The number of hydrogen-bond acceptors (Lipinski definition) is 5. The summed E-state index contributed by atoms with van der Waals surface area (Å²) in [5.41, 5.74) is 0. The Balaban J connectivity index is -0.000000141. The van der Waals surface area contributed by atoms with Crippen LogP contribution in [0.15, 0.2) is 0 Å². The molecule has 0 spiro atoms. The van der Waals surface area contributed by atoms with Crippen molar-refractivity contribution in [2.24, 2.45) is 11.7 Å². The number of amides is 1. The number of rotatable bonds is 1. The number of hydrazine groups is 1. The lowest BCUT2D eigenvalue weighted by molar-refractivity contribution is -0.312. The summed E-state index contributed by atoms with van der Waals surface area (Å²) < 4.78 is 0. The molecule has 0 aromatic heterocycles. The van der Waals surface area contributed by atoms with Crippen LogP contribution < -0.4 is 11.7 Å². The van der Waals surface area contributed by atoms with Crippen LogP contribution in [0.4, 0.5) is 0 Å². The minimum absolute atomic E-state index is 0. The van der Waals surface area contributed by atoms with Gasteiger partial charge in [0.15, 0.2) is 0 Å². The van der Waals surface area contributed by atoms with Gasteiger partial charge in [0.1, 0.15) is 0 Å². The fourth-order valence-electron chi connectivity index (χ4n) is 0.440. The minimum atomic E-state index is 0. The third kappa shape index (κ3) is 22.5. The quantitative estimate of drug-likeness (QED) is 0.235. The number of hydrogen-bond donors (Lipinski definition) is 2. The second-order valence-electron chi connectivity index (χ2n) is 2.42. The van der Waals surface area contributed by atoms with E-state index in [1.54, 1.807) is 14.1 Å². The average Bonchev–Trinajstić information content (AvgIpc) is 2.24. The van der Waals surface area contributed by atoms with Crippen molar-refractivity contribution in [3.05, 3.63) is 0 Å². The molecule has 6 N–H and O–H groups in total. The van der Waals surface area contributed by atoms with Gasteiger partial charge in [-0.05, 0) is 12.8 Å². The highest BCUT2D eigenvalue weighted by Crippen LogP contribution is 1.97. The van der Waals surface area contributed by atoms with Crippen molar-refractivity contribution in [1.29, 1.82) is 0 Å². The van der Waals surface area contributed by atoms with Crippen molar-refractivity contribution in [2.75, 3.05) is 27.3 Å². The van der Waals surface area contributed by atoms with Crippen LogP contribution in [0.2, 0.25) is 0 Å². The summed E-state index contributed by atoms with van der Waals surface area (Å²) in [4.78, 5) is 20.0. The molecule has 7 heteroatoms. The lowest BCUT2D eigenvalue weighted by Crippen LogP contribution is -2.06. The maximum Gasteiger partial charge on any atom is 0.209 e. The van der Waals surface area contributed by atoms with E-state index in [-0.39, 0.29) is 5.48 Å². The first-order valence-corrected chi connectivity index (χ1v) is 3.97. The molecule has 0 radical (unpaired) electrons. The first-order chi connectivity index (χ1) is 6.27. The van der Waals surface area contributed by atoms with Crippen LogP contribution in [0.3, 0.4) is 0 Å². The van der Waals surface area contributed by atoms with Crippen molar-refractivity contribution >= 4 is 6.41 Å². The van der Waals surface area contributed by atoms with Crippen LogP contribution in [-0.4, -0.2) is 44.1 Å². The molecule has 1 heterocycles. The standard InChI is InChI=1S/C4H8O2.C3H7NO.H4N2.H2O/c1-2-4-6-5-3-1;1-4(2)3-5;1-2;/h1-4H2;3H,1-2H3;1-2H2;1H2. The second-order valence-corrected chi connectivity index (χ2v) is 2.42. The number of nitrogens with zero attached hydrogens (tertiary/aromatic N) is 1. The maximum atomic E-state index is 9.43. The highest BCUT2D eigenvalue weighted by molar-refractivity contribution is 5.45. The van der Waals surface area contributed by atoms with Crippen LogP contribution in [0.25, 0.3) is 0 Å². The van der Waals surface area contributed by atoms with E-state index in [4.69, 9.17) is 0 Å². The van der Waals surface area contributed by atoms with E-state index in [1.165, 1.54) is 4.90 Å². The molecule has 1 aliphatic heterocycles. The molecule has 7 nitrogen and oxygen atoms in total. The Morgan fingerprint density at radius 1 is 1.14 bits per heavy atom. The summed E-state index contributed by atoms with van der Waals surface area (Å²) in [6.45, 7) is 1.56. The van der Waals surface area contributed by atoms with Gasteiger partial charge in [-0.2, -0.15) is 0 Å². The van der Waals surface area contributed by atoms with E-state index in [0.717, 1.165) is 32.5 Å². The van der Waals surface area contributed by atoms with E-state index < -0.39 is 0 Å². The Bertz CT molecular complexity index is 87.4. The maximum absolute atomic E-state index is 9.43. The van der Waals surface area contributed by atoms with E-state index in [2.05, 4.69) is 21.5 Å². The van der Waals surface area contributed by atoms with Crippen molar-refractivity contribution in [3.8, 4) is 0 Å². The lowest BCUT2D eigenvalue weighted by Gasteiger charge is -2.07. The van der Waals surface area contributed by atoms with Crippen molar-refractivity contribution in [2.45, 2.75) is 12.8 Å². The van der Waals surface area contributed by atoms with Gasteiger partial charge in [0.25, 0.3) is 0 Å². The van der Waals surface area contributed by atoms with E-state index in [9.17, 15) is 4.79 Å². The largest absolute Gasteiger partial charge is 0.412 e. The molecule has 0 aromatic carbocycles. The highest BCUT2D eigenvalue weighted by Gasteiger charge is 1.95. The molecule has 0 aliphatic carbocycles. The van der Waals surface area contributed by atoms with Crippen molar-refractivity contribution < 1.29 is 20.0 Å². The highest BCUT2D eigenvalue weighted by atomic mass is 17.2. The van der Waals surface area contributed by atoms with E-state index in [0.29, 0.717) is 0 Å². The minimum Gasteiger partial charge on any atom is -0.412 e. The molecule has 1 fully saturated rings. The smallest absolute Gasteiger partial charge is 0.209 e. The summed E-state index contributed by atoms with van der Waals surface area (Å²) in [5, 5.41) is 0. The zero-order valence-electron chi connectivity index (χ0n) is 8.73.